The maximum atomic E-state index is 12.0. The number of aryl methyl sites for hydroxylation is 1. The molecule has 0 saturated heterocycles. The molecule has 1 aromatic heterocycles. The molecule has 0 amide bonds. The summed E-state index contributed by atoms with van der Waals surface area (Å²) in [6.45, 7) is 4.81. The normalized spacial score (nSPS) is 10.6. The van der Waals surface area contributed by atoms with Gasteiger partial charge < -0.3 is 10.1 Å². The van der Waals surface area contributed by atoms with E-state index in [-0.39, 0.29) is 5.82 Å². The summed E-state index contributed by atoms with van der Waals surface area (Å²) in [5, 5.41) is 4.20. The van der Waals surface area contributed by atoms with E-state index in [0.29, 0.717) is 24.5 Å². The van der Waals surface area contributed by atoms with E-state index < -0.39 is 5.97 Å². The summed E-state index contributed by atoms with van der Waals surface area (Å²) in [6, 6.07) is 16.1. The molecule has 3 rings (SSSR count). The van der Waals surface area contributed by atoms with Gasteiger partial charge in [0.25, 0.3) is 0 Å². The molecule has 0 saturated carbocycles. The Balaban J connectivity index is 1.89. The van der Waals surface area contributed by atoms with Gasteiger partial charge in [0.2, 0.25) is 5.82 Å². The predicted molar refractivity (Wildman–Crippen MR) is 98.6 cm³/mol. The molecule has 1 N–H and O–H groups in total. The molecule has 25 heavy (non-hydrogen) atoms. The quantitative estimate of drug-likeness (QED) is 0.690. The first-order valence-electron chi connectivity index (χ1n) is 8.46. The second kappa shape index (κ2) is 7.75. The van der Waals surface area contributed by atoms with Crippen LogP contribution < -0.4 is 5.32 Å². The first kappa shape index (κ1) is 16.9. The first-order valence-corrected chi connectivity index (χ1v) is 8.46. The Bertz CT molecular complexity index is 876. The largest absolute Gasteiger partial charge is 0.460 e. The first-order chi connectivity index (χ1) is 12.2. The molecule has 2 aromatic carbocycles. The molecular formula is C20H21N3O2. The van der Waals surface area contributed by atoms with Crippen LogP contribution in [0.3, 0.4) is 0 Å². The minimum atomic E-state index is -0.511. The molecule has 0 bridgehead atoms. The number of para-hydroxylation sites is 1. The summed E-state index contributed by atoms with van der Waals surface area (Å²) in [7, 11) is 0. The van der Waals surface area contributed by atoms with Gasteiger partial charge in [-0.1, -0.05) is 43.3 Å². The van der Waals surface area contributed by atoms with Crippen LogP contribution in [0.1, 0.15) is 35.6 Å². The van der Waals surface area contributed by atoms with Crippen LogP contribution in [-0.2, 0) is 17.7 Å². The van der Waals surface area contributed by atoms with Crippen LogP contribution >= 0.6 is 0 Å². The summed E-state index contributed by atoms with van der Waals surface area (Å²) in [6.07, 6.45) is 1.02. The molecule has 1 heterocycles. The maximum Gasteiger partial charge on any atom is 0.376 e. The Labute approximate surface area is 147 Å². The van der Waals surface area contributed by atoms with E-state index in [9.17, 15) is 4.79 Å². The van der Waals surface area contributed by atoms with Gasteiger partial charge >= 0.3 is 5.97 Å². The molecule has 0 atom stereocenters. The lowest BCUT2D eigenvalue weighted by Crippen LogP contribution is -2.12. The molecule has 128 valence electrons. The van der Waals surface area contributed by atoms with Crippen molar-refractivity contribution in [1.29, 1.82) is 0 Å². The van der Waals surface area contributed by atoms with E-state index in [1.54, 1.807) is 6.92 Å². The monoisotopic (exact) mass is 335 g/mol. The predicted octanol–water partition coefficient (Wildman–Crippen LogP) is 3.98. The van der Waals surface area contributed by atoms with Gasteiger partial charge in [-0.05, 0) is 36.6 Å². The van der Waals surface area contributed by atoms with Gasteiger partial charge in [-0.3, -0.25) is 0 Å². The molecule has 5 nitrogen and oxygen atoms in total. The van der Waals surface area contributed by atoms with Gasteiger partial charge in [0.15, 0.2) is 0 Å². The Kier molecular flexibility index (Phi) is 5.23. The standard InChI is InChI=1S/C20H21N3O2/c1-3-14-9-11-15(12-10-14)13-21-18-16-7-5-6-8-17(16)22-19(23-18)20(24)25-4-2/h5-12H,3-4,13H2,1-2H3,(H,21,22,23). The molecule has 0 aliphatic rings. The highest BCUT2D eigenvalue weighted by molar-refractivity contribution is 5.94. The smallest absolute Gasteiger partial charge is 0.376 e. The van der Waals surface area contributed by atoms with Gasteiger partial charge in [0.1, 0.15) is 5.82 Å². The Morgan fingerprint density at radius 2 is 1.72 bits per heavy atom. The average Bonchev–Trinajstić information content (AvgIpc) is 2.66. The summed E-state index contributed by atoms with van der Waals surface area (Å²) in [4.78, 5) is 20.7. The van der Waals surface area contributed by atoms with Gasteiger partial charge in [0, 0.05) is 11.9 Å². The van der Waals surface area contributed by atoms with Crippen molar-refractivity contribution in [3.05, 3.63) is 65.5 Å². The lowest BCUT2D eigenvalue weighted by molar-refractivity contribution is 0.0512. The van der Waals surface area contributed by atoms with Crippen LogP contribution in [0.2, 0.25) is 0 Å². The second-order valence-corrected chi connectivity index (χ2v) is 5.66. The molecule has 0 fully saturated rings. The molecular weight excluding hydrogens is 314 g/mol. The van der Waals surface area contributed by atoms with E-state index in [0.717, 1.165) is 17.4 Å². The third-order valence-electron chi connectivity index (χ3n) is 3.95. The van der Waals surface area contributed by atoms with Gasteiger partial charge in [-0.25, -0.2) is 14.8 Å². The number of fused-ring (bicyclic) bond motifs is 1. The highest BCUT2D eigenvalue weighted by Gasteiger charge is 2.14. The Hall–Kier alpha value is -2.95. The lowest BCUT2D eigenvalue weighted by Gasteiger charge is -2.11. The molecule has 0 radical (unpaired) electrons. The zero-order valence-corrected chi connectivity index (χ0v) is 14.5. The summed E-state index contributed by atoms with van der Waals surface area (Å²) in [5.74, 6) is 0.196. The van der Waals surface area contributed by atoms with Crippen LogP contribution in [0, 0.1) is 0 Å². The van der Waals surface area contributed by atoms with Gasteiger partial charge in [-0.2, -0.15) is 0 Å². The number of nitrogens with one attached hydrogen (secondary N) is 1. The fourth-order valence-electron chi connectivity index (χ4n) is 2.58. The molecule has 5 heteroatoms. The molecule has 0 aliphatic carbocycles. The number of aromatic nitrogens is 2. The third-order valence-corrected chi connectivity index (χ3v) is 3.95. The van der Waals surface area contributed by atoms with Crippen molar-refractivity contribution >= 4 is 22.7 Å². The molecule has 0 spiro atoms. The van der Waals surface area contributed by atoms with E-state index in [1.807, 2.05) is 24.3 Å². The average molecular weight is 335 g/mol. The highest BCUT2D eigenvalue weighted by Crippen LogP contribution is 2.21. The fraction of sp³-hybridized carbons (Fsp3) is 0.250. The number of nitrogens with zero attached hydrogens (tertiary/aromatic N) is 2. The zero-order chi connectivity index (χ0) is 17.6. The second-order valence-electron chi connectivity index (χ2n) is 5.66. The van der Waals surface area contributed by atoms with Crippen molar-refractivity contribution in [2.24, 2.45) is 0 Å². The number of esters is 1. The number of hydrogen-bond acceptors (Lipinski definition) is 5. The topological polar surface area (TPSA) is 64.1 Å². The van der Waals surface area contributed by atoms with Crippen LogP contribution in [0.4, 0.5) is 5.82 Å². The van der Waals surface area contributed by atoms with Crippen molar-refractivity contribution < 1.29 is 9.53 Å². The summed E-state index contributed by atoms with van der Waals surface area (Å²) < 4.78 is 5.03. The minimum absolute atomic E-state index is 0.0735. The molecule has 3 aromatic rings. The zero-order valence-electron chi connectivity index (χ0n) is 14.5. The lowest BCUT2D eigenvalue weighted by atomic mass is 10.1. The number of carbonyl (C=O) groups is 1. The van der Waals surface area contributed by atoms with E-state index in [1.165, 1.54) is 5.56 Å². The Morgan fingerprint density at radius 1 is 1.00 bits per heavy atom. The molecule has 0 unspecified atom stereocenters. The minimum Gasteiger partial charge on any atom is -0.460 e. The van der Waals surface area contributed by atoms with Crippen molar-refractivity contribution in [1.82, 2.24) is 9.97 Å². The number of carbonyl (C=O) groups excluding carboxylic acids is 1. The van der Waals surface area contributed by atoms with Crippen molar-refractivity contribution in [3.63, 3.8) is 0 Å². The van der Waals surface area contributed by atoms with Crippen molar-refractivity contribution in [2.75, 3.05) is 11.9 Å². The van der Waals surface area contributed by atoms with E-state index in [2.05, 4.69) is 46.5 Å². The maximum absolute atomic E-state index is 12.0. The van der Waals surface area contributed by atoms with Crippen LogP contribution in [0.25, 0.3) is 10.9 Å². The van der Waals surface area contributed by atoms with Crippen molar-refractivity contribution in [2.45, 2.75) is 26.8 Å². The van der Waals surface area contributed by atoms with Crippen molar-refractivity contribution in [3.8, 4) is 0 Å². The number of ether oxygens (including phenoxy) is 1. The van der Waals surface area contributed by atoms with Crippen LogP contribution in [0.15, 0.2) is 48.5 Å². The van der Waals surface area contributed by atoms with Crippen LogP contribution in [0.5, 0.6) is 0 Å². The SMILES string of the molecule is CCOC(=O)c1nc(NCc2ccc(CC)cc2)c2ccccc2n1. The number of benzene rings is 2. The van der Waals surface area contributed by atoms with E-state index in [4.69, 9.17) is 4.74 Å². The van der Waals surface area contributed by atoms with E-state index >= 15 is 0 Å². The summed E-state index contributed by atoms with van der Waals surface area (Å²) in [5.41, 5.74) is 3.17. The van der Waals surface area contributed by atoms with Crippen LogP contribution in [-0.4, -0.2) is 22.5 Å². The number of rotatable bonds is 6. The Morgan fingerprint density at radius 3 is 2.44 bits per heavy atom. The number of anilines is 1. The van der Waals surface area contributed by atoms with Gasteiger partial charge in [-0.15, -0.1) is 0 Å². The molecule has 0 aliphatic heterocycles. The number of hydrogen-bond donors (Lipinski definition) is 1. The fourth-order valence-corrected chi connectivity index (χ4v) is 2.58. The summed E-state index contributed by atoms with van der Waals surface area (Å²) >= 11 is 0. The highest BCUT2D eigenvalue weighted by atomic mass is 16.5. The third kappa shape index (κ3) is 3.94. The van der Waals surface area contributed by atoms with Gasteiger partial charge in [0.05, 0.1) is 12.1 Å².